The van der Waals surface area contributed by atoms with Gasteiger partial charge in [-0.2, -0.15) is 0 Å². The minimum absolute atomic E-state index is 0.0828. The van der Waals surface area contributed by atoms with E-state index in [1.165, 1.54) is 22.2 Å². The Morgan fingerprint density at radius 2 is 2.47 bits per heavy atom. The maximum absolute atomic E-state index is 12.0. The Hall–Kier alpha value is -1.24. The number of aromatic nitrogens is 2. The van der Waals surface area contributed by atoms with Crippen LogP contribution in [0, 0.1) is 0 Å². The molecule has 0 aliphatic heterocycles. The van der Waals surface area contributed by atoms with Crippen LogP contribution >= 0.6 is 11.3 Å². The molecule has 2 heterocycles. The summed E-state index contributed by atoms with van der Waals surface area (Å²) >= 11 is 1.38. The van der Waals surface area contributed by atoms with Gasteiger partial charge in [0, 0.05) is 6.54 Å². The lowest BCUT2D eigenvalue weighted by Crippen LogP contribution is -2.33. The molecule has 2 N–H and O–H groups in total. The van der Waals surface area contributed by atoms with Crippen LogP contribution < -0.4 is 10.9 Å². The van der Waals surface area contributed by atoms with Crippen LogP contribution in [0.15, 0.2) is 22.6 Å². The smallest absolute Gasteiger partial charge is 0.271 e. The predicted molar refractivity (Wildman–Crippen MR) is 68.4 cm³/mol. The lowest BCUT2D eigenvalue weighted by molar-refractivity contribution is 0.151. The first-order valence-corrected chi connectivity index (χ1v) is 6.41. The molecular formula is C11H15N3O2S. The number of aliphatic hydroxyl groups excluding tert-OH is 1. The number of hydrogen-bond donors (Lipinski definition) is 2. The second kappa shape index (κ2) is 5.39. The van der Waals surface area contributed by atoms with E-state index in [1.54, 1.807) is 0 Å². The Morgan fingerprint density at radius 3 is 3.24 bits per heavy atom. The predicted octanol–water partition coefficient (Wildman–Crippen LogP) is 0.428. The highest BCUT2D eigenvalue weighted by Gasteiger charge is 2.09. The standard InChI is InChI=1S/C11H15N3O2S/c1-2-12-5-8(15)6-14-7-13-9-3-4-17-10(9)11(14)16/h3-4,7-8,12,15H,2,5-6H2,1H3. The maximum Gasteiger partial charge on any atom is 0.271 e. The first-order valence-electron chi connectivity index (χ1n) is 5.53. The minimum Gasteiger partial charge on any atom is -0.390 e. The lowest BCUT2D eigenvalue weighted by atomic mass is 10.3. The third-order valence-corrected chi connectivity index (χ3v) is 3.36. The van der Waals surface area contributed by atoms with Crippen LogP contribution in [0.4, 0.5) is 0 Å². The highest BCUT2D eigenvalue weighted by Crippen LogP contribution is 2.13. The Kier molecular flexibility index (Phi) is 3.88. The molecule has 92 valence electrons. The normalized spacial score (nSPS) is 13.1. The van der Waals surface area contributed by atoms with Crippen LogP contribution in [0.25, 0.3) is 10.2 Å². The Balaban J connectivity index is 2.18. The van der Waals surface area contributed by atoms with Crippen LogP contribution in [0.5, 0.6) is 0 Å². The molecule has 1 atom stereocenters. The van der Waals surface area contributed by atoms with E-state index in [-0.39, 0.29) is 12.1 Å². The van der Waals surface area contributed by atoms with E-state index in [4.69, 9.17) is 0 Å². The second-order valence-electron chi connectivity index (χ2n) is 3.80. The maximum atomic E-state index is 12.0. The molecule has 1 unspecified atom stereocenters. The number of fused-ring (bicyclic) bond motifs is 1. The van der Waals surface area contributed by atoms with Crippen molar-refractivity contribution in [2.24, 2.45) is 0 Å². The molecule has 0 aromatic carbocycles. The molecule has 2 rings (SSSR count). The number of thiophene rings is 1. The molecule has 17 heavy (non-hydrogen) atoms. The Morgan fingerprint density at radius 1 is 1.65 bits per heavy atom. The molecule has 2 aromatic rings. The third-order valence-electron chi connectivity index (χ3n) is 2.47. The van der Waals surface area contributed by atoms with E-state index in [0.29, 0.717) is 11.2 Å². The fourth-order valence-electron chi connectivity index (χ4n) is 1.61. The molecule has 2 aromatic heterocycles. The van der Waals surface area contributed by atoms with Crippen molar-refractivity contribution >= 4 is 21.6 Å². The molecule has 0 amide bonds. The average Bonchev–Trinajstić information content (AvgIpc) is 2.79. The number of hydrogen-bond acceptors (Lipinski definition) is 5. The zero-order valence-corrected chi connectivity index (χ0v) is 10.4. The summed E-state index contributed by atoms with van der Waals surface area (Å²) in [4.78, 5) is 16.2. The van der Waals surface area contributed by atoms with Gasteiger partial charge in [-0.25, -0.2) is 4.98 Å². The number of nitrogens with zero attached hydrogens (tertiary/aromatic N) is 2. The summed E-state index contributed by atoms with van der Waals surface area (Å²) in [6.45, 7) is 3.52. The minimum atomic E-state index is -0.577. The first-order chi connectivity index (χ1) is 8.22. The van der Waals surface area contributed by atoms with Crippen molar-refractivity contribution in [3.05, 3.63) is 28.1 Å². The van der Waals surface area contributed by atoms with Gasteiger partial charge < -0.3 is 10.4 Å². The Bertz CT molecular complexity index is 549. The third kappa shape index (κ3) is 2.71. The molecule has 0 fully saturated rings. The summed E-state index contributed by atoms with van der Waals surface area (Å²) < 4.78 is 2.10. The van der Waals surface area contributed by atoms with Crippen molar-refractivity contribution in [2.45, 2.75) is 19.6 Å². The highest BCUT2D eigenvalue weighted by atomic mass is 32.1. The zero-order chi connectivity index (χ0) is 12.3. The van der Waals surface area contributed by atoms with Crippen molar-refractivity contribution in [3.8, 4) is 0 Å². The van der Waals surface area contributed by atoms with Gasteiger partial charge in [0.15, 0.2) is 0 Å². The van der Waals surface area contributed by atoms with Crippen molar-refractivity contribution < 1.29 is 5.11 Å². The molecular weight excluding hydrogens is 238 g/mol. The van der Waals surface area contributed by atoms with Crippen molar-refractivity contribution in [3.63, 3.8) is 0 Å². The molecule has 5 nitrogen and oxygen atoms in total. The van der Waals surface area contributed by atoms with Gasteiger partial charge in [-0.05, 0) is 18.0 Å². The summed E-state index contributed by atoms with van der Waals surface area (Å²) in [5, 5.41) is 14.6. The summed E-state index contributed by atoms with van der Waals surface area (Å²) in [5.41, 5.74) is 0.637. The van der Waals surface area contributed by atoms with Crippen LogP contribution in [0.3, 0.4) is 0 Å². The molecule has 0 aliphatic carbocycles. The van der Waals surface area contributed by atoms with Gasteiger partial charge in [-0.15, -0.1) is 11.3 Å². The van der Waals surface area contributed by atoms with Crippen molar-refractivity contribution in [1.29, 1.82) is 0 Å². The molecule has 0 saturated heterocycles. The molecule has 0 aliphatic rings. The van der Waals surface area contributed by atoms with Gasteiger partial charge in [-0.3, -0.25) is 9.36 Å². The quantitative estimate of drug-likeness (QED) is 0.811. The van der Waals surface area contributed by atoms with Crippen LogP contribution in [-0.4, -0.2) is 33.9 Å². The number of likely N-dealkylation sites (N-methyl/N-ethyl adjacent to an activating group) is 1. The first kappa shape index (κ1) is 12.2. The van der Waals surface area contributed by atoms with Crippen molar-refractivity contribution in [1.82, 2.24) is 14.9 Å². The summed E-state index contributed by atoms with van der Waals surface area (Å²) in [5.74, 6) is 0. The van der Waals surface area contributed by atoms with Crippen LogP contribution in [-0.2, 0) is 6.54 Å². The van der Waals surface area contributed by atoms with E-state index in [1.807, 2.05) is 18.4 Å². The fraction of sp³-hybridized carbons (Fsp3) is 0.455. The van der Waals surface area contributed by atoms with Crippen LogP contribution in [0.2, 0.25) is 0 Å². The number of nitrogens with one attached hydrogen (secondary N) is 1. The SMILES string of the molecule is CCNCC(O)Cn1cnc2ccsc2c1=O. The topological polar surface area (TPSA) is 67.2 Å². The molecule has 0 radical (unpaired) electrons. The van der Waals surface area contributed by atoms with Gasteiger partial charge >= 0.3 is 0 Å². The van der Waals surface area contributed by atoms with Gasteiger partial charge in [0.05, 0.1) is 24.5 Å². The van der Waals surface area contributed by atoms with E-state index in [0.717, 1.165) is 12.1 Å². The second-order valence-corrected chi connectivity index (χ2v) is 4.71. The largest absolute Gasteiger partial charge is 0.390 e. The molecule has 6 heteroatoms. The zero-order valence-electron chi connectivity index (χ0n) is 9.59. The average molecular weight is 253 g/mol. The molecule has 0 spiro atoms. The van der Waals surface area contributed by atoms with E-state index >= 15 is 0 Å². The van der Waals surface area contributed by atoms with E-state index < -0.39 is 6.10 Å². The van der Waals surface area contributed by atoms with Crippen molar-refractivity contribution in [2.75, 3.05) is 13.1 Å². The monoisotopic (exact) mass is 253 g/mol. The molecule has 0 bridgehead atoms. The number of aliphatic hydroxyl groups is 1. The summed E-state index contributed by atoms with van der Waals surface area (Å²) in [6.07, 6.45) is 0.916. The lowest BCUT2D eigenvalue weighted by Gasteiger charge is -2.12. The van der Waals surface area contributed by atoms with Crippen LogP contribution in [0.1, 0.15) is 6.92 Å². The van der Waals surface area contributed by atoms with E-state index in [2.05, 4.69) is 10.3 Å². The van der Waals surface area contributed by atoms with Gasteiger partial charge in [0.1, 0.15) is 4.70 Å². The highest BCUT2D eigenvalue weighted by molar-refractivity contribution is 7.17. The summed E-state index contributed by atoms with van der Waals surface area (Å²) in [6, 6.07) is 1.82. The molecule has 0 saturated carbocycles. The number of rotatable bonds is 5. The van der Waals surface area contributed by atoms with Gasteiger partial charge in [-0.1, -0.05) is 6.92 Å². The van der Waals surface area contributed by atoms with E-state index in [9.17, 15) is 9.90 Å². The van der Waals surface area contributed by atoms with Gasteiger partial charge in [0.2, 0.25) is 0 Å². The fourth-order valence-corrected chi connectivity index (χ4v) is 2.40. The van der Waals surface area contributed by atoms with Gasteiger partial charge in [0.25, 0.3) is 5.56 Å². The summed E-state index contributed by atoms with van der Waals surface area (Å²) in [7, 11) is 0. The Labute approximate surface area is 103 Å².